The van der Waals surface area contributed by atoms with Gasteiger partial charge in [0, 0.05) is 20.7 Å². The van der Waals surface area contributed by atoms with E-state index < -0.39 is 0 Å². The van der Waals surface area contributed by atoms with Crippen LogP contribution in [0, 0.1) is 3.57 Å². The average Bonchev–Trinajstić information content (AvgIpc) is 2.87. The molecule has 2 nitrogen and oxygen atoms in total. The number of benzene rings is 1. The Kier molecular flexibility index (Phi) is 5.92. The van der Waals surface area contributed by atoms with Crippen LogP contribution in [0.1, 0.15) is 37.3 Å². The molecule has 2 unspecified atom stereocenters. The number of rotatable bonds is 5. The smallest absolute Gasteiger partial charge is 0.0576 e. The summed E-state index contributed by atoms with van der Waals surface area (Å²) in [5.74, 6) is 0. The van der Waals surface area contributed by atoms with Gasteiger partial charge in [0.15, 0.2) is 0 Å². The van der Waals surface area contributed by atoms with Gasteiger partial charge in [0.2, 0.25) is 0 Å². The second kappa shape index (κ2) is 7.22. The minimum absolute atomic E-state index is 0.415. The second-order valence-electron chi connectivity index (χ2n) is 4.72. The Balaban J connectivity index is 2.00. The zero-order valence-electron chi connectivity index (χ0n) is 10.6. The number of hydrogen-bond donors (Lipinski definition) is 1. The van der Waals surface area contributed by atoms with Gasteiger partial charge in [-0.15, -0.1) is 0 Å². The maximum atomic E-state index is 5.70. The fourth-order valence-electron chi connectivity index (χ4n) is 2.46. The first-order chi connectivity index (χ1) is 8.70. The highest BCUT2D eigenvalue weighted by atomic mass is 127. The Morgan fingerprint density at radius 1 is 1.56 bits per heavy atom. The zero-order valence-corrected chi connectivity index (χ0v) is 14.3. The highest BCUT2D eigenvalue weighted by molar-refractivity contribution is 14.1. The third-order valence-corrected chi connectivity index (χ3v) is 4.96. The van der Waals surface area contributed by atoms with Gasteiger partial charge < -0.3 is 10.1 Å². The molecule has 2 atom stereocenters. The SMILES string of the molecule is CNC(CCC1CCCO1)c1cc(Br)ccc1I. The lowest BCUT2D eigenvalue weighted by atomic mass is 9.99. The summed E-state index contributed by atoms with van der Waals surface area (Å²) < 4.78 is 8.17. The van der Waals surface area contributed by atoms with Gasteiger partial charge in [-0.3, -0.25) is 0 Å². The molecule has 1 fully saturated rings. The molecule has 1 aromatic carbocycles. The molecular weight excluding hydrogens is 405 g/mol. The summed E-state index contributed by atoms with van der Waals surface area (Å²) >= 11 is 5.97. The summed E-state index contributed by atoms with van der Waals surface area (Å²) in [5, 5.41) is 3.43. The van der Waals surface area contributed by atoms with Crippen molar-refractivity contribution in [3.8, 4) is 0 Å². The van der Waals surface area contributed by atoms with Gasteiger partial charge in [-0.2, -0.15) is 0 Å². The molecule has 0 bridgehead atoms. The highest BCUT2D eigenvalue weighted by Gasteiger charge is 2.19. The lowest BCUT2D eigenvalue weighted by Gasteiger charge is -2.20. The van der Waals surface area contributed by atoms with Crippen LogP contribution in [0.3, 0.4) is 0 Å². The third-order valence-electron chi connectivity index (χ3n) is 3.48. The quantitative estimate of drug-likeness (QED) is 0.714. The van der Waals surface area contributed by atoms with E-state index in [4.69, 9.17) is 4.74 Å². The van der Waals surface area contributed by atoms with E-state index in [1.807, 2.05) is 7.05 Å². The van der Waals surface area contributed by atoms with Crippen molar-refractivity contribution in [3.05, 3.63) is 31.8 Å². The van der Waals surface area contributed by atoms with Crippen LogP contribution in [-0.4, -0.2) is 19.8 Å². The van der Waals surface area contributed by atoms with Crippen molar-refractivity contribution in [2.75, 3.05) is 13.7 Å². The lowest BCUT2D eigenvalue weighted by molar-refractivity contribution is 0.0998. The van der Waals surface area contributed by atoms with E-state index in [9.17, 15) is 0 Å². The van der Waals surface area contributed by atoms with Crippen LogP contribution in [0.4, 0.5) is 0 Å². The summed E-state index contributed by atoms with van der Waals surface area (Å²) in [5.41, 5.74) is 1.38. The predicted molar refractivity (Wildman–Crippen MR) is 86.9 cm³/mol. The molecule has 0 spiro atoms. The van der Waals surface area contributed by atoms with Gasteiger partial charge in [-0.1, -0.05) is 15.9 Å². The first kappa shape index (κ1) is 14.8. The standard InChI is InChI=1S/C14H19BrINO/c1-17-14(7-5-11-3-2-8-18-11)12-9-10(15)4-6-13(12)16/h4,6,9,11,14,17H,2-3,5,7-8H2,1H3. The summed E-state index contributed by atoms with van der Waals surface area (Å²) in [6, 6.07) is 6.89. The van der Waals surface area contributed by atoms with E-state index in [-0.39, 0.29) is 0 Å². The molecule has 0 radical (unpaired) electrons. The van der Waals surface area contributed by atoms with E-state index in [1.54, 1.807) is 0 Å². The van der Waals surface area contributed by atoms with Gasteiger partial charge in [0.1, 0.15) is 0 Å². The van der Waals surface area contributed by atoms with Gasteiger partial charge in [0.05, 0.1) is 6.10 Å². The first-order valence-electron chi connectivity index (χ1n) is 6.44. The molecule has 1 heterocycles. The van der Waals surface area contributed by atoms with E-state index in [0.29, 0.717) is 12.1 Å². The van der Waals surface area contributed by atoms with E-state index in [2.05, 4.69) is 62.0 Å². The minimum atomic E-state index is 0.415. The predicted octanol–water partition coefficient (Wildman–Crippen LogP) is 4.27. The van der Waals surface area contributed by atoms with Gasteiger partial charge in [0.25, 0.3) is 0 Å². The Labute approximate surface area is 131 Å². The Morgan fingerprint density at radius 2 is 2.39 bits per heavy atom. The molecule has 4 heteroatoms. The van der Waals surface area contributed by atoms with E-state index in [0.717, 1.165) is 23.9 Å². The molecule has 2 rings (SSSR count). The molecular formula is C14H19BrINO. The van der Waals surface area contributed by atoms with E-state index in [1.165, 1.54) is 22.0 Å². The molecule has 1 aliphatic heterocycles. The molecule has 1 N–H and O–H groups in total. The number of halogens is 2. The minimum Gasteiger partial charge on any atom is -0.378 e. The fraction of sp³-hybridized carbons (Fsp3) is 0.571. The fourth-order valence-corrected chi connectivity index (χ4v) is 3.55. The molecule has 18 heavy (non-hydrogen) atoms. The van der Waals surface area contributed by atoms with Crippen molar-refractivity contribution in [1.82, 2.24) is 5.32 Å². The largest absolute Gasteiger partial charge is 0.378 e. The molecule has 0 saturated carbocycles. The number of ether oxygens (including phenoxy) is 1. The van der Waals surface area contributed by atoms with Crippen molar-refractivity contribution in [2.45, 2.75) is 37.8 Å². The first-order valence-corrected chi connectivity index (χ1v) is 8.31. The molecule has 1 aliphatic rings. The summed E-state index contributed by atoms with van der Waals surface area (Å²) in [7, 11) is 2.04. The van der Waals surface area contributed by atoms with Crippen molar-refractivity contribution in [3.63, 3.8) is 0 Å². The maximum absolute atomic E-state index is 5.70. The summed E-state index contributed by atoms with van der Waals surface area (Å²) in [6.07, 6.45) is 5.21. The van der Waals surface area contributed by atoms with Crippen molar-refractivity contribution in [2.24, 2.45) is 0 Å². The number of nitrogens with one attached hydrogen (secondary N) is 1. The Hall–Kier alpha value is 0.350. The highest BCUT2D eigenvalue weighted by Crippen LogP contribution is 2.28. The van der Waals surface area contributed by atoms with Crippen molar-refractivity contribution < 1.29 is 4.74 Å². The van der Waals surface area contributed by atoms with Crippen LogP contribution >= 0.6 is 38.5 Å². The monoisotopic (exact) mass is 423 g/mol. The van der Waals surface area contributed by atoms with Crippen LogP contribution in [-0.2, 0) is 4.74 Å². The van der Waals surface area contributed by atoms with Gasteiger partial charge in [-0.05, 0) is 79.1 Å². The van der Waals surface area contributed by atoms with E-state index >= 15 is 0 Å². The van der Waals surface area contributed by atoms with Crippen LogP contribution in [0.15, 0.2) is 22.7 Å². The third kappa shape index (κ3) is 3.92. The molecule has 1 saturated heterocycles. The molecule has 100 valence electrons. The van der Waals surface area contributed by atoms with Crippen LogP contribution in [0.5, 0.6) is 0 Å². The van der Waals surface area contributed by atoms with Crippen LogP contribution in [0.2, 0.25) is 0 Å². The second-order valence-corrected chi connectivity index (χ2v) is 6.80. The molecule has 0 amide bonds. The van der Waals surface area contributed by atoms with Gasteiger partial charge in [-0.25, -0.2) is 0 Å². The summed E-state index contributed by atoms with van der Waals surface area (Å²) in [6.45, 7) is 0.948. The molecule has 0 aliphatic carbocycles. The van der Waals surface area contributed by atoms with Crippen molar-refractivity contribution >= 4 is 38.5 Å². The number of hydrogen-bond acceptors (Lipinski definition) is 2. The molecule has 0 aromatic heterocycles. The van der Waals surface area contributed by atoms with Crippen LogP contribution in [0.25, 0.3) is 0 Å². The van der Waals surface area contributed by atoms with Crippen LogP contribution < -0.4 is 5.32 Å². The lowest BCUT2D eigenvalue weighted by Crippen LogP contribution is -2.19. The normalized spacial score (nSPS) is 21.2. The maximum Gasteiger partial charge on any atom is 0.0576 e. The summed E-state index contributed by atoms with van der Waals surface area (Å²) in [4.78, 5) is 0. The van der Waals surface area contributed by atoms with Crippen molar-refractivity contribution in [1.29, 1.82) is 0 Å². The topological polar surface area (TPSA) is 21.3 Å². The Bertz CT molecular complexity index is 393. The molecule has 1 aromatic rings. The Morgan fingerprint density at radius 3 is 3.06 bits per heavy atom. The van der Waals surface area contributed by atoms with Gasteiger partial charge >= 0.3 is 0 Å². The average molecular weight is 424 g/mol. The zero-order chi connectivity index (χ0) is 13.0.